The topological polar surface area (TPSA) is 106 Å². The number of carboxylic acids is 1. The zero-order valence-corrected chi connectivity index (χ0v) is 17.4. The van der Waals surface area contributed by atoms with Gasteiger partial charge in [0.2, 0.25) is 11.8 Å². The highest BCUT2D eigenvalue weighted by Gasteiger charge is 2.26. The van der Waals surface area contributed by atoms with Crippen LogP contribution in [-0.2, 0) is 9.59 Å². The van der Waals surface area contributed by atoms with Crippen LogP contribution in [0.2, 0.25) is 0 Å². The monoisotopic (exact) mass is 446 g/mol. The van der Waals surface area contributed by atoms with E-state index in [1.165, 1.54) is 24.3 Å². The first-order chi connectivity index (χ1) is 15.3. The molecule has 1 aromatic heterocycles. The van der Waals surface area contributed by atoms with Crippen molar-refractivity contribution in [3.63, 3.8) is 0 Å². The Morgan fingerprint density at radius 2 is 1.72 bits per heavy atom. The summed E-state index contributed by atoms with van der Waals surface area (Å²) in [5.41, 5.74) is 0.0263. The molecule has 170 valence electrons. The largest absolute Gasteiger partial charge is 0.481 e. The van der Waals surface area contributed by atoms with Crippen molar-refractivity contribution >= 4 is 17.7 Å². The second-order valence-electron chi connectivity index (χ2n) is 7.87. The number of aliphatic carboxylic acids is 1. The molecule has 1 amide bonds. The maximum atomic E-state index is 13.8. The van der Waals surface area contributed by atoms with Gasteiger partial charge in [-0.2, -0.15) is 0 Å². The molecule has 7 nitrogen and oxygen atoms in total. The molecule has 32 heavy (non-hydrogen) atoms. The second-order valence-corrected chi connectivity index (χ2v) is 7.87. The van der Waals surface area contributed by atoms with Crippen molar-refractivity contribution in [1.82, 2.24) is 10.3 Å². The van der Waals surface area contributed by atoms with Crippen molar-refractivity contribution in [2.24, 2.45) is 5.92 Å². The molecule has 0 bridgehead atoms. The van der Waals surface area contributed by atoms with Gasteiger partial charge >= 0.3 is 5.97 Å². The van der Waals surface area contributed by atoms with Gasteiger partial charge in [0.05, 0.1) is 18.2 Å². The summed E-state index contributed by atoms with van der Waals surface area (Å²) in [6.07, 6.45) is 3.63. The molecular formula is C23H24F2N2O5. The Hall–Kier alpha value is -3.36. The Labute approximate surface area is 183 Å². The summed E-state index contributed by atoms with van der Waals surface area (Å²) in [6.45, 7) is 0. The van der Waals surface area contributed by atoms with Crippen LogP contribution in [-0.4, -0.2) is 33.8 Å². The van der Waals surface area contributed by atoms with Gasteiger partial charge in [-0.1, -0.05) is 0 Å². The molecule has 2 aromatic rings. The molecule has 1 saturated carbocycles. The third kappa shape index (κ3) is 6.83. The minimum Gasteiger partial charge on any atom is -0.481 e. The first kappa shape index (κ1) is 23.3. The van der Waals surface area contributed by atoms with Crippen LogP contribution in [0.15, 0.2) is 36.5 Å². The molecule has 0 spiro atoms. The lowest BCUT2D eigenvalue weighted by Crippen LogP contribution is -2.38. The Morgan fingerprint density at radius 1 is 1.03 bits per heavy atom. The molecule has 3 rings (SSSR count). The first-order valence-electron chi connectivity index (χ1n) is 10.4. The Morgan fingerprint density at radius 3 is 2.38 bits per heavy atom. The van der Waals surface area contributed by atoms with E-state index in [2.05, 4.69) is 10.3 Å². The number of pyridine rings is 1. The zero-order valence-electron chi connectivity index (χ0n) is 17.4. The van der Waals surface area contributed by atoms with E-state index in [0.29, 0.717) is 25.7 Å². The molecule has 1 aromatic carbocycles. The van der Waals surface area contributed by atoms with Gasteiger partial charge in [0.25, 0.3) is 0 Å². The van der Waals surface area contributed by atoms with Crippen LogP contribution in [0.3, 0.4) is 0 Å². The highest BCUT2D eigenvalue weighted by atomic mass is 19.1. The number of ether oxygens (including phenoxy) is 1. The maximum absolute atomic E-state index is 13.8. The van der Waals surface area contributed by atoms with Crippen LogP contribution in [0.1, 0.15) is 55.3 Å². The molecule has 1 aliphatic rings. The second kappa shape index (κ2) is 10.8. The van der Waals surface area contributed by atoms with Crippen molar-refractivity contribution in [3.05, 3.63) is 53.7 Å². The predicted molar refractivity (Wildman–Crippen MR) is 110 cm³/mol. The number of carboxylic acid groups (broad SMARTS) is 1. The van der Waals surface area contributed by atoms with Gasteiger partial charge in [-0.25, -0.2) is 13.8 Å². The molecule has 2 N–H and O–H groups in total. The molecule has 1 heterocycles. The summed E-state index contributed by atoms with van der Waals surface area (Å²) in [4.78, 5) is 39.1. The summed E-state index contributed by atoms with van der Waals surface area (Å²) >= 11 is 0. The summed E-state index contributed by atoms with van der Waals surface area (Å²) in [5.74, 6) is -2.40. The average Bonchev–Trinajstić information content (AvgIpc) is 2.76. The highest BCUT2D eigenvalue weighted by molar-refractivity contribution is 5.98. The van der Waals surface area contributed by atoms with Gasteiger partial charge in [0, 0.05) is 18.9 Å². The van der Waals surface area contributed by atoms with Crippen LogP contribution < -0.4 is 10.1 Å². The summed E-state index contributed by atoms with van der Waals surface area (Å²) in [7, 11) is 0. The minimum absolute atomic E-state index is 0.0263. The molecule has 1 aliphatic carbocycles. The van der Waals surface area contributed by atoms with E-state index < -0.39 is 17.6 Å². The minimum atomic E-state index is -1.02. The van der Waals surface area contributed by atoms with Gasteiger partial charge in [-0.05, 0) is 61.9 Å². The van der Waals surface area contributed by atoms with Gasteiger partial charge in [-0.3, -0.25) is 14.4 Å². The predicted octanol–water partition coefficient (Wildman–Crippen LogP) is 4.26. The number of carbonyl (C=O) groups is 3. The third-order valence-corrected chi connectivity index (χ3v) is 5.40. The number of amides is 1. The fourth-order valence-electron chi connectivity index (χ4n) is 3.73. The van der Waals surface area contributed by atoms with Gasteiger partial charge in [-0.15, -0.1) is 0 Å². The third-order valence-electron chi connectivity index (χ3n) is 5.40. The van der Waals surface area contributed by atoms with Crippen molar-refractivity contribution < 1.29 is 33.0 Å². The molecule has 0 radical (unpaired) electrons. The van der Waals surface area contributed by atoms with Gasteiger partial charge in [0.1, 0.15) is 17.4 Å². The number of aromatic nitrogens is 1. The molecule has 0 saturated heterocycles. The van der Waals surface area contributed by atoms with Crippen molar-refractivity contribution in [2.75, 3.05) is 0 Å². The quantitative estimate of drug-likeness (QED) is 0.558. The number of hydrogen-bond acceptors (Lipinski definition) is 5. The standard InChI is InChI=1S/C23H24F2N2O5/c24-15-3-7-18(8-4-15)32-23-19(12-16(25)13-26-23)20(28)11-14-1-5-17(6-2-14)27-21(29)9-10-22(30)31/h3-4,7-8,12-14,17H,1-2,5-6,9-11H2,(H,27,29)(H,30,31). The number of rotatable bonds is 9. The Balaban J connectivity index is 1.56. The lowest BCUT2D eigenvalue weighted by atomic mass is 9.82. The van der Waals surface area contributed by atoms with Crippen LogP contribution in [0.5, 0.6) is 11.6 Å². The van der Waals surface area contributed by atoms with E-state index in [-0.39, 0.29) is 60.1 Å². The summed E-state index contributed by atoms with van der Waals surface area (Å²) in [6, 6.07) is 6.23. The number of benzene rings is 1. The smallest absolute Gasteiger partial charge is 0.303 e. The molecular weight excluding hydrogens is 422 g/mol. The van der Waals surface area contributed by atoms with Gasteiger partial charge in [0.15, 0.2) is 5.78 Å². The van der Waals surface area contributed by atoms with Crippen LogP contribution in [0.25, 0.3) is 0 Å². The van der Waals surface area contributed by atoms with E-state index in [4.69, 9.17) is 9.84 Å². The summed E-state index contributed by atoms with van der Waals surface area (Å²) < 4.78 is 32.4. The zero-order chi connectivity index (χ0) is 23.1. The lowest BCUT2D eigenvalue weighted by Gasteiger charge is -2.28. The van der Waals surface area contributed by atoms with Crippen molar-refractivity contribution in [1.29, 1.82) is 0 Å². The Bertz CT molecular complexity index is 973. The number of Topliss-reactive ketones (excluding diaryl/α,β-unsaturated/α-hetero) is 1. The molecule has 1 fully saturated rings. The molecule has 0 unspecified atom stereocenters. The van der Waals surface area contributed by atoms with E-state index in [1.807, 2.05) is 0 Å². The Kier molecular flexibility index (Phi) is 7.86. The number of hydrogen-bond donors (Lipinski definition) is 2. The number of nitrogens with zero attached hydrogens (tertiary/aromatic N) is 1. The molecule has 0 aliphatic heterocycles. The molecule has 9 heteroatoms. The van der Waals surface area contributed by atoms with Crippen LogP contribution in [0, 0.1) is 17.6 Å². The van der Waals surface area contributed by atoms with E-state index >= 15 is 0 Å². The van der Waals surface area contributed by atoms with Crippen LogP contribution in [0.4, 0.5) is 8.78 Å². The lowest BCUT2D eigenvalue weighted by molar-refractivity contribution is -0.139. The van der Waals surface area contributed by atoms with Crippen LogP contribution >= 0.6 is 0 Å². The van der Waals surface area contributed by atoms with Gasteiger partial charge < -0.3 is 15.2 Å². The van der Waals surface area contributed by atoms with E-state index in [9.17, 15) is 23.2 Å². The normalized spacial score (nSPS) is 18.1. The summed E-state index contributed by atoms with van der Waals surface area (Å²) in [5, 5.41) is 11.5. The fourth-order valence-corrected chi connectivity index (χ4v) is 3.73. The van der Waals surface area contributed by atoms with Crippen molar-refractivity contribution in [2.45, 2.75) is 51.0 Å². The van der Waals surface area contributed by atoms with E-state index in [1.54, 1.807) is 0 Å². The highest BCUT2D eigenvalue weighted by Crippen LogP contribution is 2.31. The average molecular weight is 446 g/mol. The first-order valence-corrected chi connectivity index (χ1v) is 10.4. The number of carbonyl (C=O) groups excluding carboxylic acids is 2. The fraction of sp³-hybridized carbons (Fsp3) is 0.391. The maximum Gasteiger partial charge on any atom is 0.303 e. The molecule has 0 atom stereocenters. The number of ketones is 1. The van der Waals surface area contributed by atoms with E-state index in [0.717, 1.165) is 12.3 Å². The number of nitrogens with one attached hydrogen (secondary N) is 1. The SMILES string of the molecule is O=C(O)CCC(=O)NC1CCC(CC(=O)c2cc(F)cnc2Oc2ccc(F)cc2)CC1. The number of halogens is 2. The van der Waals surface area contributed by atoms with Crippen molar-refractivity contribution in [3.8, 4) is 11.6 Å².